The molecule has 0 bridgehead atoms. The number of nitriles is 1. The smallest absolute Gasteiger partial charge is 0.240 e. The van der Waals surface area contributed by atoms with E-state index in [0.29, 0.717) is 19.4 Å². The maximum Gasteiger partial charge on any atom is 0.240 e. The van der Waals surface area contributed by atoms with Crippen molar-refractivity contribution in [3.63, 3.8) is 0 Å². The zero-order chi connectivity index (χ0) is 14.8. The second-order valence-corrected chi connectivity index (χ2v) is 7.04. The van der Waals surface area contributed by atoms with Gasteiger partial charge in [0.25, 0.3) is 0 Å². The van der Waals surface area contributed by atoms with Crippen LogP contribution in [0.1, 0.15) is 38.7 Å². The van der Waals surface area contributed by atoms with Crippen LogP contribution < -0.4 is 5.32 Å². The van der Waals surface area contributed by atoms with Crippen molar-refractivity contribution in [3.8, 4) is 6.07 Å². The minimum Gasteiger partial charge on any atom is -0.354 e. The van der Waals surface area contributed by atoms with Gasteiger partial charge in [0.1, 0.15) is 5.41 Å². The Labute approximate surface area is 128 Å². The molecule has 1 N–H and O–H groups in total. The van der Waals surface area contributed by atoms with E-state index in [-0.39, 0.29) is 11.3 Å². The molecule has 1 aliphatic carbocycles. The molecule has 1 aliphatic rings. The van der Waals surface area contributed by atoms with Crippen LogP contribution in [0, 0.1) is 16.7 Å². The Balaban J connectivity index is 2.03. The maximum atomic E-state index is 12.2. The van der Waals surface area contributed by atoms with Crippen LogP contribution in [0.3, 0.4) is 0 Å². The number of halogens is 1. The second kappa shape index (κ2) is 5.57. The van der Waals surface area contributed by atoms with Crippen LogP contribution in [0.15, 0.2) is 28.7 Å². The zero-order valence-electron chi connectivity index (χ0n) is 11.9. The standard InChI is InChI=1S/C16H19BrN2O/c1-15(2,12-5-3-6-13(17)9-12)11-19-14(20)16(10-18)7-4-8-16/h3,5-6,9H,4,7-8,11H2,1-2H3,(H,19,20). The number of carbonyl (C=O) groups is 1. The third kappa shape index (κ3) is 2.88. The largest absolute Gasteiger partial charge is 0.354 e. The molecule has 106 valence electrons. The van der Waals surface area contributed by atoms with E-state index in [1.165, 1.54) is 0 Å². The van der Waals surface area contributed by atoms with Gasteiger partial charge in [-0.25, -0.2) is 0 Å². The molecule has 0 atom stereocenters. The topological polar surface area (TPSA) is 52.9 Å². The van der Waals surface area contributed by atoms with E-state index in [4.69, 9.17) is 0 Å². The van der Waals surface area contributed by atoms with Gasteiger partial charge in [-0.1, -0.05) is 41.9 Å². The Hall–Kier alpha value is -1.34. The van der Waals surface area contributed by atoms with Gasteiger partial charge in [0.05, 0.1) is 6.07 Å². The van der Waals surface area contributed by atoms with Gasteiger partial charge in [0, 0.05) is 16.4 Å². The first-order valence-electron chi connectivity index (χ1n) is 6.85. The summed E-state index contributed by atoms with van der Waals surface area (Å²) in [6.45, 7) is 4.72. The average molecular weight is 335 g/mol. The van der Waals surface area contributed by atoms with E-state index in [9.17, 15) is 10.1 Å². The number of nitrogens with zero attached hydrogens (tertiary/aromatic N) is 1. The van der Waals surface area contributed by atoms with Crippen LogP contribution >= 0.6 is 15.9 Å². The Morgan fingerprint density at radius 2 is 2.20 bits per heavy atom. The van der Waals surface area contributed by atoms with Gasteiger partial charge in [-0.15, -0.1) is 0 Å². The quantitative estimate of drug-likeness (QED) is 0.915. The average Bonchev–Trinajstić information content (AvgIpc) is 2.36. The first-order chi connectivity index (χ1) is 9.39. The molecule has 1 aromatic carbocycles. The van der Waals surface area contributed by atoms with Gasteiger partial charge in [0.2, 0.25) is 5.91 Å². The summed E-state index contributed by atoms with van der Waals surface area (Å²) in [4.78, 5) is 12.2. The Morgan fingerprint density at radius 3 is 2.70 bits per heavy atom. The number of carbonyl (C=O) groups excluding carboxylic acids is 1. The Morgan fingerprint density at radius 1 is 1.50 bits per heavy atom. The molecule has 1 amide bonds. The maximum absolute atomic E-state index is 12.2. The molecule has 2 rings (SSSR count). The lowest BCUT2D eigenvalue weighted by Gasteiger charge is -2.35. The lowest BCUT2D eigenvalue weighted by molar-refractivity contribution is -0.132. The molecule has 0 saturated heterocycles. The summed E-state index contributed by atoms with van der Waals surface area (Å²) in [6, 6.07) is 10.3. The molecule has 1 aromatic rings. The van der Waals surface area contributed by atoms with Gasteiger partial charge < -0.3 is 5.32 Å². The molecular weight excluding hydrogens is 316 g/mol. The normalized spacial score (nSPS) is 16.9. The number of hydrogen-bond donors (Lipinski definition) is 1. The summed E-state index contributed by atoms with van der Waals surface area (Å²) in [6.07, 6.45) is 2.34. The molecule has 1 saturated carbocycles. The SMILES string of the molecule is CC(C)(CNC(=O)C1(C#N)CCC1)c1cccc(Br)c1. The lowest BCUT2D eigenvalue weighted by Crippen LogP contribution is -2.48. The molecule has 1 fully saturated rings. The van der Waals surface area contributed by atoms with E-state index in [1.54, 1.807) is 0 Å². The molecule has 20 heavy (non-hydrogen) atoms. The van der Waals surface area contributed by atoms with Crippen LogP contribution in [-0.2, 0) is 10.2 Å². The number of rotatable bonds is 4. The number of amides is 1. The van der Waals surface area contributed by atoms with Crippen LogP contribution in [0.25, 0.3) is 0 Å². The highest BCUT2D eigenvalue weighted by Gasteiger charge is 2.44. The summed E-state index contributed by atoms with van der Waals surface area (Å²) in [5.41, 5.74) is 0.222. The zero-order valence-corrected chi connectivity index (χ0v) is 13.5. The van der Waals surface area contributed by atoms with E-state index in [0.717, 1.165) is 16.5 Å². The molecule has 0 heterocycles. The van der Waals surface area contributed by atoms with Crippen molar-refractivity contribution in [3.05, 3.63) is 34.3 Å². The molecule has 3 nitrogen and oxygen atoms in total. The lowest BCUT2D eigenvalue weighted by atomic mass is 9.69. The van der Waals surface area contributed by atoms with Gasteiger partial charge in [0.15, 0.2) is 0 Å². The monoisotopic (exact) mass is 334 g/mol. The fourth-order valence-electron chi connectivity index (χ4n) is 2.40. The van der Waals surface area contributed by atoms with Crippen molar-refractivity contribution in [1.29, 1.82) is 5.26 Å². The van der Waals surface area contributed by atoms with Crippen LogP contribution in [-0.4, -0.2) is 12.5 Å². The minimum atomic E-state index is -0.770. The molecule has 0 aromatic heterocycles. The van der Waals surface area contributed by atoms with Crippen molar-refractivity contribution in [2.75, 3.05) is 6.54 Å². The summed E-state index contributed by atoms with van der Waals surface area (Å²) < 4.78 is 1.03. The molecule has 0 radical (unpaired) electrons. The van der Waals surface area contributed by atoms with Gasteiger partial charge in [-0.05, 0) is 37.0 Å². The van der Waals surface area contributed by atoms with Crippen LogP contribution in [0.2, 0.25) is 0 Å². The third-order valence-corrected chi connectivity index (χ3v) is 4.65. The predicted molar refractivity (Wildman–Crippen MR) is 82.1 cm³/mol. The van der Waals surface area contributed by atoms with Gasteiger partial charge in [-0.3, -0.25) is 4.79 Å². The number of hydrogen-bond acceptors (Lipinski definition) is 2. The number of nitrogens with one attached hydrogen (secondary N) is 1. The van der Waals surface area contributed by atoms with E-state index >= 15 is 0 Å². The molecule has 0 spiro atoms. The second-order valence-electron chi connectivity index (χ2n) is 6.12. The molecule has 0 unspecified atom stereocenters. The first-order valence-corrected chi connectivity index (χ1v) is 7.65. The van der Waals surface area contributed by atoms with E-state index in [2.05, 4.69) is 53.3 Å². The van der Waals surface area contributed by atoms with Crippen molar-refractivity contribution in [1.82, 2.24) is 5.32 Å². The van der Waals surface area contributed by atoms with E-state index < -0.39 is 5.41 Å². The summed E-state index contributed by atoms with van der Waals surface area (Å²) in [5, 5.41) is 12.1. The first kappa shape index (κ1) is 15.1. The fraction of sp³-hybridized carbons (Fsp3) is 0.500. The van der Waals surface area contributed by atoms with Crippen LogP contribution in [0.5, 0.6) is 0 Å². The van der Waals surface area contributed by atoms with Crippen molar-refractivity contribution in [2.24, 2.45) is 5.41 Å². The summed E-state index contributed by atoms with van der Waals surface area (Å²) >= 11 is 3.47. The summed E-state index contributed by atoms with van der Waals surface area (Å²) in [5.74, 6) is -0.116. The molecular formula is C16H19BrN2O. The van der Waals surface area contributed by atoms with Crippen molar-refractivity contribution >= 4 is 21.8 Å². The highest BCUT2D eigenvalue weighted by atomic mass is 79.9. The predicted octanol–water partition coefficient (Wildman–Crippen LogP) is 3.54. The van der Waals surface area contributed by atoms with Gasteiger partial charge in [-0.2, -0.15) is 5.26 Å². The van der Waals surface area contributed by atoms with Crippen molar-refractivity contribution < 1.29 is 4.79 Å². The fourth-order valence-corrected chi connectivity index (χ4v) is 2.80. The Kier molecular flexibility index (Phi) is 4.19. The number of benzene rings is 1. The van der Waals surface area contributed by atoms with Crippen LogP contribution in [0.4, 0.5) is 0 Å². The van der Waals surface area contributed by atoms with Crippen molar-refractivity contribution in [2.45, 2.75) is 38.5 Å². The molecule has 4 heteroatoms. The summed E-state index contributed by atoms with van der Waals surface area (Å²) in [7, 11) is 0. The highest BCUT2D eigenvalue weighted by Crippen LogP contribution is 2.40. The molecule has 0 aliphatic heterocycles. The third-order valence-electron chi connectivity index (χ3n) is 4.15. The Bertz CT molecular complexity index is 556. The van der Waals surface area contributed by atoms with E-state index in [1.807, 2.05) is 12.1 Å². The highest BCUT2D eigenvalue weighted by molar-refractivity contribution is 9.10. The minimum absolute atomic E-state index is 0.116. The van der Waals surface area contributed by atoms with Gasteiger partial charge >= 0.3 is 0 Å².